The van der Waals surface area contributed by atoms with Gasteiger partial charge in [0.05, 0.1) is 12.3 Å². The van der Waals surface area contributed by atoms with Crippen LogP contribution in [0.25, 0.3) is 0 Å². The molecule has 14 heavy (non-hydrogen) atoms. The van der Waals surface area contributed by atoms with E-state index in [1.807, 2.05) is 12.1 Å². The number of rotatable bonds is 3. The van der Waals surface area contributed by atoms with E-state index in [0.717, 1.165) is 31.9 Å². The van der Waals surface area contributed by atoms with E-state index in [4.69, 9.17) is 10.5 Å². The second kappa shape index (κ2) is 4.28. The van der Waals surface area contributed by atoms with Crippen molar-refractivity contribution in [3.05, 3.63) is 18.3 Å². The number of hydrogen-bond donors (Lipinski definition) is 2. The maximum absolute atomic E-state index is 5.70. The lowest BCUT2D eigenvalue weighted by atomic mass is 10.1. The molecule has 1 aliphatic heterocycles. The monoisotopic (exact) mass is 193 g/mol. The lowest BCUT2D eigenvalue weighted by Gasteiger charge is -2.11. The number of nitrogens with two attached hydrogens (primary N) is 1. The van der Waals surface area contributed by atoms with Gasteiger partial charge in [-0.2, -0.15) is 0 Å². The maximum atomic E-state index is 5.70. The molecule has 1 aliphatic rings. The number of ether oxygens (including phenoxy) is 1. The second-order valence-electron chi connectivity index (χ2n) is 3.55. The summed E-state index contributed by atoms with van der Waals surface area (Å²) in [6, 6.07) is 3.82. The largest absolute Gasteiger partial charge is 0.382 e. The Bertz CT molecular complexity index is 297. The quantitative estimate of drug-likeness (QED) is 0.755. The van der Waals surface area contributed by atoms with Crippen molar-refractivity contribution in [3.8, 4) is 0 Å². The smallest absolute Gasteiger partial charge is 0.146 e. The molecular weight excluding hydrogens is 178 g/mol. The number of nitrogens with one attached hydrogen (secondary N) is 1. The minimum Gasteiger partial charge on any atom is -0.382 e. The topological polar surface area (TPSA) is 60.2 Å². The highest BCUT2D eigenvalue weighted by molar-refractivity contribution is 5.60. The van der Waals surface area contributed by atoms with Crippen LogP contribution >= 0.6 is 0 Å². The fraction of sp³-hybridized carbons (Fsp3) is 0.500. The van der Waals surface area contributed by atoms with Crippen LogP contribution in [0.1, 0.15) is 6.42 Å². The molecule has 1 atom stereocenters. The Balaban J connectivity index is 1.88. The van der Waals surface area contributed by atoms with Crippen molar-refractivity contribution in [2.75, 3.05) is 30.8 Å². The average Bonchev–Trinajstić information content (AvgIpc) is 2.69. The molecule has 4 heteroatoms. The van der Waals surface area contributed by atoms with Gasteiger partial charge in [-0.15, -0.1) is 0 Å². The Kier molecular flexibility index (Phi) is 2.84. The van der Waals surface area contributed by atoms with Crippen molar-refractivity contribution in [2.45, 2.75) is 6.42 Å². The van der Waals surface area contributed by atoms with Gasteiger partial charge < -0.3 is 15.8 Å². The van der Waals surface area contributed by atoms with E-state index < -0.39 is 0 Å². The van der Waals surface area contributed by atoms with Crippen LogP contribution in [0, 0.1) is 5.92 Å². The summed E-state index contributed by atoms with van der Waals surface area (Å²) in [5.41, 5.74) is 6.62. The van der Waals surface area contributed by atoms with Gasteiger partial charge in [0.15, 0.2) is 0 Å². The molecule has 0 bridgehead atoms. The predicted molar refractivity (Wildman–Crippen MR) is 56.1 cm³/mol. The molecule has 4 nitrogen and oxygen atoms in total. The molecule has 1 unspecified atom stereocenters. The molecule has 1 aromatic heterocycles. The first-order valence-electron chi connectivity index (χ1n) is 4.88. The number of aromatic nitrogens is 1. The third kappa shape index (κ3) is 2.14. The van der Waals surface area contributed by atoms with Gasteiger partial charge in [0.2, 0.25) is 0 Å². The normalized spacial score (nSPS) is 21.0. The van der Waals surface area contributed by atoms with Crippen molar-refractivity contribution >= 4 is 11.5 Å². The SMILES string of the molecule is Nc1ncccc1NCC1CCOC1. The predicted octanol–water partition coefficient (Wildman–Crippen LogP) is 1.11. The van der Waals surface area contributed by atoms with E-state index in [0.29, 0.717) is 11.7 Å². The number of nitrogen functional groups attached to an aromatic ring is 1. The van der Waals surface area contributed by atoms with Gasteiger partial charge in [-0.3, -0.25) is 0 Å². The van der Waals surface area contributed by atoms with E-state index in [9.17, 15) is 0 Å². The molecule has 0 amide bonds. The number of anilines is 2. The summed E-state index contributed by atoms with van der Waals surface area (Å²) >= 11 is 0. The zero-order valence-corrected chi connectivity index (χ0v) is 8.07. The molecule has 1 fully saturated rings. The van der Waals surface area contributed by atoms with Gasteiger partial charge in [0.25, 0.3) is 0 Å². The van der Waals surface area contributed by atoms with Crippen molar-refractivity contribution < 1.29 is 4.74 Å². The molecule has 0 radical (unpaired) electrons. The van der Waals surface area contributed by atoms with Crippen molar-refractivity contribution in [1.29, 1.82) is 0 Å². The Morgan fingerprint density at radius 3 is 3.29 bits per heavy atom. The Hall–Kier alpha value is -1.29. The van der Waals surface area contributed by atoms with Crippen LogP contribution in [-0.4, -0.2) is 24.7 Å². The second-order valence-corrected chi connectivity index (χ2v) is 3.55. The lowest BCUT2D eigenvalue weighted by Crippen LogP contribution is -2.15. The summed E-state index contributed by atoms with van der Waals surface area (Å²) in [5.74, 6) is 1.17. The molecule has 1 saturated heterocycles. The minimum atomic E-state index is 0.561. The summed E-state index contributed by atoms with van der Waals surface area (Å²) in [6.07, 6.45) is 2.83. The number of pyridine rings is 1. The molecule has 3 N–H and O–H groups in total. The van der Waals surface area contributed by atoms with Gasteiger partial charge in [-0.1, -0.05) is 0 Å². The zero-order valence-electron chi connectivity index (χ0n) is 8.07. The maximum Gasteiger partial charge on any atom is 0.146 e. The molecular formula is C10H15N3O. The van der Waals surface area contributed by atoms with Crippen LogP contribution in [0.3, 0.4) is 0 Å². The van der Waals surface area contributed by atoms with Crippen molar-refractivity contribution in [2.24, 2.45) is 5.92 Å². The van der Waals surface area contributed by atoms with Crippen LogP contribution in [0.2, 0.25) is 0 Å². The van der Waals surface area contributed by atoms with Crippen molar-refractivity contribution in [3.63, 3.8) is 0 Å². The van der Waals surface area contributed by atoms with Gasteiger partial charge in [0.1, 0.15) is 5.82 Å². The fourth-order valence-electron chi connectivity index (χ4n) is 1.57. The van der Waals surface area contributed by atoms with Gasteiger partial charge >= 0.3 is 0 Å². The van der Waals surface area contributed by atoms with Crippen LogP contribution in [-0.2, 0) is 4.74 Å². The molecule has 0 aromatic carbocycles. The van der Waals surface area contributed by atoms with E-state index in [1.165, 1.54) is 0 Å². The summed E-state index contributed by atoms with van der Waals surface area (Å²) in [6.45, 7) is 2.65. The molecule has 0 spiro atoms. The van der Waals surface area contributed by atoms with Crippen LogP contribution in [0.5, 0.6) is 0 Å². The molecule has 2 heterocycles. The molecule has 2 rings (SSSR count). The van der Waals surface area contributed by atoms with Gasteiger partial charge in [-0.05, 0) is 18.6 Å². The number of nitrogens with zero attached hydrogens (tertiary/aromatic N) is 1. The highest BCUT2D eigenvalue weighted by atomic mass is 16.5. The Morgan fingerprint density at radius 2 is 2.57 bits per heavy atom. The Labute approximate surface area is 83.5 Å². The third-order valence-electron chi connectivity index (χ3n) is 2.44. The van der Waals surface area contributed by atoms with Gasteiger partial charge in [0, 0.05) is 25.3 Å². The highest BCUT2D eigenvalue weighted by Gasteiger charge is 2.15. The molecule has 0 aliphatic carbocycles. The first-order valence-corrected chi connectivity index (χ1v) is 4.88. The average molecular weight is 193 g/mol. The zero-order chi connectivity index (χ0) is 9.80. The number of hydrogen-bond acceptors (Lipinski definition) is 4. The molecule has 76 valence electrons. The first-order chi connectivity index (χ1) is 6.86. The van der Waals surface area contributed by atoms with E-state index in [2.05, 4.69) is 10.3 Å². The van der Waals surface area contributed by atoms with E-state index in [1.54, 1.807) is 6.20 Å². The Morgan fingerprint density at radius 1 is 1.64 bits per heavy atom. The van der Waals surface area contributed by atoms with E-state index in [-0.39, 0.29) is 0 Å². The van der Waals surface area contributed by atoms with Gasteiger partial charge in [-0.25, -0.2) is 4.98 Å². The van der Waals surface area contributed by atoms with Crippen LogP contribution in [0.15, 0.2) is 18.3 Å². The third-order valence-corrected chi connectivity index (χ3v) is 2.44. The molecule has 1 aromatic rings. The highest BCUT2D eigenvalue weighted by Crippen LogP contribution is 2.17. The minimum absolute atomic E-state index is 0.561. The lowest BCUT2D eigenvalue weighted by molar-refractivity contribution is 0.187. The van der Waals surface area contributed by atoms with Crippen molar-refractivity contribution in [1.82, 2.24) is 4.98 Å². The molecule has 0 saturated carbocycles. The van der Waals surface area contributed by atoms with Crippen LogP contribution < -0.4 is 11.1 Å². The van der Waals surface area contributed by atoms with Crippen LogP contribution in [0.4, 0.5) is 11.5 Å². The standard InChI is InChI=1S/C10H15N3O/c11-10-9(2-1-4-12-10)13-6-8-3-5-14-7-8/h1-2,4,8,13H,3,5-7H2,(H2,11,12). The first kappa shape index (κ1) is 9.27. The summed E-state index contributed by atoms with van der Waals surface area (Å²) < 4.78 is 5.29. The van der Waals surface area contributed by atoms with E-state index >= 15 is 0 Å². The summed E-state index contributed by atoms with van der Waals surface area (Å²) in [7, 11) is 0. The fourth-order valence-corrected chi connectivity index (χ4v) is 1.57. The summed E-state index contributed by atoms with van der Waals surface area (Å²) in [5, 5.41) is 3.29. The summed E-state index contributed by atoms with van der Waals surface area (Å²) in [4.78, 5) is 4.01.